The van der Waals surface area contributed by atoms with Gasteiger partial charge in [0.25, 0.3) is 0 Å². The maximum Gasteiger partial charge on any atom is 0.165 e. The molecule has 142 valence electrons. The van der Waals surface area contributed by atoms with Crippen LogP contribution in [0.2, 0.25) is 0 Å². The van der Waals surface area contributed by atoms with Gasteiger partial charge in [-0.2, -0.15) is 9.61 Å². The number of nitrogens with zero attached hydrogens (tertiary/aromatic N) is 3. The summed E-state index contributed by atoms with van der Waals surface area (Å²) in [7, 11) is 0. The Morgan fingerprint density at radius 3 is 2.67 bits per heavy atom. The molecule has 1 aromatic carbocycles. The molecule has 3 heterocycles. The van der Waals surface area contributed by atoms with Gasteiger partial charge in [-0.05, 0) is 25.3 Å². The van der Waals surface area contributed by atoms with E-state index in [-0.39, 0.29) is 11.5 Å². The Balaban J connectivity index is 1.77. The van der Waals surface area contributed by atoms with Crippen LogP contribution in [0.25, 0.3) is 16.8 Å². The van der Waals surface area contributed by atoms with E-state index >= 15 is 0 Å². The van der Waals surface area contributed by atoms with Gasteiger partial charge in [-0.3, -0.25) is 0 Å². The highest BCUT2D eigenvalue weighted by Gasteiger charge is 2.22. The van der Waals surface area contributed by atoms with Crippen LogP contribution < -0.4 is 5.32 Å². The fourth-order valence-corrected chi connectivity index (χ4v) is 3.43. The monoisotopic (exact) mass is 364 g/mol. The third kappa shape index (κ3) is 3.69. The number of nitrogens with one attached hydrogen (secondary N) is 1. The molecule has 5 nitrogen and oxygen atoms in total. The fourth-order valence-electron chi connectivity index (χ4n) is 3.43. The summed E-state index contributed by atoms with van der Waals surface area (Å²) in [4.78, 5) is 4.97. The zero-order valence-electron chi connectivity index (χ0n) is 16.6. The van der Waals surface area contributed by atoms with Gasteiger partial charge < -0.3 is 10.1 Å². The molecule has 0 spiro atoms. The third-order valence-electron chi connectivity index (χ3n) is 5.14. The van der Waals surface area contributed by atoms with Gasteiger partial charge in [0.1, 0.15) is 5.82 Å². The lowest BCUT2D eigenvalue weighted by Crippen LogP contribution is -2.21. The van der Waals surface area contributed by atoms with Gasteiger partial charge in [0.05, 0.1) is 18.0 Å². The lowest BCUT2D eigenvalue weighted by atomic mass is 9.92. The van der Waals surface area contributed by atoms with Gasteiger partial charge in [-0.15, -0.1) is 0 Å². The smallest absolute Gasteiger partial charge is 0.165 e. The van der Waals surface area contributed by atoms with Crippen LogP contribution in [-0.2, 0) is 10.2 Å². The van der Waals surface area contributed by atoms with Crippen molar-refractivity contribution in [3.05, 3.63) is 47.8 Å². The fraction of sp³-hybridized carbons (Fsp3) is 0.455. The number of ether oxygens (including phenoxy) is 1. The molecule has 1 fully saturated rings. The molecular weight excluding hydrogens is 336 g/mol. The molecule has 3 aromatic rings. The van der Waals surface area contributed by atoms with Gasteiger partial charge in [0, 0.05) is 30.2 Å². The zero-order valence-corrected chi connectivity index (χ0v) is 16.6. The van der Waals surface area contributed by atoms with Crippen molar-refractivity contribution < 1.29 is 4.74 Å². The van der Waals surface area contributed by atoms with Crippen LogP contribution >= 0.6 is 0 Å². The number of aryl methyl sites for hydroxylation is 1. The molecule has 0 bridgehead atoms. The highest BCUT2D eigenvalue weighted by molar-refractivity contribution is 5.78. The van der Waals surface area contributed by atoms with Crippen LogP contribution in [0.15, 0.2) is 36.5 Å². The van der Waals surface area contributed by atoms with Crippen molar-refractivity contribution in [3.63, 3.8) is 0 Å². The number of anilines is 1. The van der Waals surface area contributed by atoms with Gasteiger partial charge >= 0.3 is 0 Å². The first-order chi connectivity index (χ1) is 12.9. The summed E-state index contributed by atoms with van der Waals surface area (Å²) in [6.07, 6.45) is 4.45. The molecule has 1 unspecified atom stereocenters. The van der Waals surface area contributed by atoms with Crippen molar-refractivity contribution in [1.29, 1.82) is 0 Å². The van der Waals surface area contributed by atoms with Crippen LogP contribution in [0.3, 0.4) is 0 Å². The maximum absolute atomic E-state index is 5.76. The molecular formula is C22H28N4O. The predicted octanol–water partition coefficient (Wildman–Crippen LogP) is 4.59. The molecule has 0 aliphatic carbocycles. The highest BCUT2D eigenvalue weighted by Crippen LogP contribution is 2.30. The summed E-state index contributed by atoms with van der Waals surface area (Å²) in [5, 5.41) is 8.19. The first-order valence-corrected chi connectivity index (χ1v) is 9.73. The van der Waals surface area contributed by atoms with Crippen molar-refractivity contribution in [2.75, 3.05) is 18.5 Å². The SMILES string of the molecule is Cc1ccc(-c2cnn3c(NCC4CCCO4)cc(C(C)(C)C)nc23)cc1. The lowest BCUT2D eigenvalue weighted by Gasteiger charge is -2.20. The van der Waals surface area contributed by atoms with Crippen molar-refractivity contribution in [3.8, 4) is 11.1 Å². The number of hydrogen-bond acceptors (Lipinski definition) is 4. The van der Waals surface area contributed by atoms with E-state index in [1.54, 1.807) is 0 Å². The number of rotatable bonds is 4. The zero-order chi connectivity index (χ0) is 19.0. The molecule has 27 heavy (non-hydrogen) atoms. The molecule has 1 atom stereocenters. The average Bonchev–Trinajstić information content (AvgIpc) is 3.29. The summed E-state index contributed by atoms with van der Waals surface area (Å²) >= 11 is 0. The molecule has 1 aliphatic heterocycles. The third-order valence-corrected chi connectivity index (χ3v) is 5.14. The van der Waals surface area contributed by atoms with Crippen LogP contribution in [0.1, 0.15) is 44.9 Å². The molecule has 4 rings (SSSR count). The van der Waals surface area contributed by atoms with Crippen molar-refractivity contribution >= 4 is 11.5 Å². The largest absolute Gasteiger partial charge is 0.376 e. The van der Waals surface area contributed by atoms with E-state index in [0.717, 1.165) is 54.3 Å². The minimum atomic E-state index is -0.0448. The molecule has 0 amide bonds. The summed E-state index contributed by atoms with van der Waals surface area (Å²) in [5.41, 5.74) is 5.34. The van der Waals surface area contributed by atoms with Crippen LogP contribution in [0, 0.1) is 6.92 Å². The van der Waals surface area contributed by atoms with Crippen molar-refractivity contribution in [2.45, 2.75) is 52.1 Å². The summed E-state index contributed by atoms with van der Waals surface area (Å²) < 4.78 is 7.68. The quantitative estimate of drug-likeness (QED) is 0.735. The molecule has 5 heteroatoms. The Bertz CT molecular complexity index is 931. The molecule has 1 N–H and O–H groups in total. The Morgan fingerprint density at radius 1 is 1.22 bits per heavy atom. The number of hydrogen-bond donors (Lipinski definition) is 1. The Kier molecular flexibility index (Phi) is 4.64. The van der Waals surface area contributed by atoms with Crippen molar-refractivity contribution in [1.82, 2.24) is 14.6 Å². The normalized spacial score (nSPS) is 17.6. The van der Waals surface area contributed by atoms with E-state index in [9.17, 15) is 0 Å². The van der Waals surface area contributed by atoms with E-state index in [1.165, 1.54) is 5.56 Å². The highest BCUT2D eigenvalue weighted by atomic mass is 16.5. The van der Waals surface area contributed by atoms with Crippen molar-refractivity contribution in [2.24, 2.45) is 0 Å². The summed E-state index contributed by atoms with van der Waals surface area (Å²) in [6, 6.07) is 10.6. The summed E-state index contributed by atoms with van der Waals surface area (Å²) in [6.45, 7) is 10.3. The Hall–Kier alpha value is -2.40. The van der Waals surface area contributed by atoms with Gasteiger partial charge in [0.2, 0.25) is 0 Å². The minimum absolute atomic E-state index is 0.0448. The van der Waals surface area contributed by atoms with Gasteiger partial charge in [0.15, 0.2) is 5.65 Å². The average molecular weight is 364 g/mol. The molecule has 1 aliphatic rings. The van der Waals surface area contributed by atoms with E-state index in [1.807, 2.05) is 10.7 Å². The Labute approximate surface area is 160 Å². The van der Waals surface area contributed by atoms with Crippen LogP contribution in [0.5, 0.6) is 0 Å². The van der Waals surface area contributed by atoms with E-state index in [4.69, 9.17) is 9.72 Å². The molecule has 0 saturated carbocycles. The molecule has 1 saturated heterocycles. The number of benzene rings is 1. The van der Waals surface area contributed by atoms with Gasteiger partial charge in [-0.25, -0.2) is 4.98 Å². The second-order valence-corrected chi connectivity index (χ2v) is 8.45. The standard InChI is InChI=1S/C22H28N4O/c1-15-7-9-16(10-8-15)18-14-24-26-20(23-13-17-6-5-11-27-17)12-19(22(2,3)4)25-21(18)26/h7-10,12,14,17,23H,5-6,11,13H2,1-4H3. The predicted molar refractivity (Wildman–Crippen MR) is 109 cm³/mol. The molecule has 2 aromatic heterocycles. The Morgan fingerprint density at radius 2 is 2.00 bits per heavy atom. The van der Waals surface area contributed by atoms with E-state index < -0.39 is 0 Å². The second-order valence-electron chi connectivity index (χ2n) is 8.45. The van der Waals surface area contributed by atoms with E-state index in [2.05, 4.69) is 68.4 Å². The second kappa shape index (κ2) is 6.97. The number of fused-ring (bicyclic) bond motifs is 1. The first kappa shape index (κ1) is 18.0. The molecule has 0 radical (unpaired) electrons. The first-order valence-electron chi connectivity index (χ1n) is 9.73. The number of aromatic nitrogens is 3. The summed E-state index contributed by atoms with van der Waals surface area (Å²) in [5.74, 6) is 0.971. The van der Waals surface area contributed by atoms with E-state index in [0.29, 0.717) is 0 Å². The minimum Gasteiger partial charge on any atom is -0.376 e. The topological polar surface area (TPSA) is 51.5 Å². The lowest BCUT2D eigenvalue weighted by molar-refractivity contribution is 0.120. The van der Waals surface area contributed by atoms with Gasteiger partial charge in [-0.1, -0.05) is 50.6 Å². The van der Waals surface area contributed by atoms with Crippen LogP contribution in [-0.4, -0.2) is 33.9 Å². The maximum atomic E-state index is 5.76. The van der Waals surface area contributed by atoms with Crippen LogP contribution in [0.4, 0.5) is 5.82 Å².